The Hall–Kier alpha value is -6.76. The zero-order chi connectivity index (χ0) is 35.1. The van der Waals surface area contributed by atoms with Crippen molar-refractivity contribution in [3.05, 3.63) is 182 Å². The number of allylic oxidation sites excluding steroid dienone is 6. The molecule has 0 amide bonds. The van der Waals surface area contributed by atoms with E-state index in [-0.39, 0.29) is 0 Å². The molecule has 0 N–H and O–H groups in total. The van der Waals surface area contributed by atoms with Gasteiger partial charge < -0.3 is 4.57 Å². The standard InChI is InChI=1S/C47H31N5S/c1-2-7-16-31(15-6-1)35-25-26-41-38(28-35)39-29-43-40(48-47(53-43)34-21-12-5-13-22-34)30-42(39)52(41)37-24-14-23-36(27-37)46-50-44(32-17-8-3-9-18-32)49-45(51-46)33-19-10-4-11-20-33/h1,3-30H,2H2. The number of benzene rings is 6. The third-order valence-electron chi connectivity index (χ3n) is 9.67. The van der Waals surface area contributed by atoms with Gasteiger partial charge in [-0.1, -0.05) is 140 Å². The molecule has 0 spiro atoms. The number of fused-ring (bicyclic) bond motifs is 4. The van der Waals surface area contributed by atoms with Crippen molar-refractivity contribution in [3.63, 3.8) is 0 Å². The molecule has 1 aliphatic rings. The van der Waals surface area contributed by atoms with Gasteiger partial charge in [0.2, 0.25) is 0 Å². The Bertz CT molecular complexity index is 2840. The van der Waals surface area contributed by atoms with E-state index in [1.807, 2.05) is 66.7 Å². The van der Waals surface area contributed by atoms with E-state index in [1.54, 1.807) is 11.3 Å². The highest BCUT2D eigenvalue weighted by Crippen LogP contribution is 2.40. The molecule has 9 aromatic rings. The van der Waals surface area contributed by atoms with Crippen LogP contribution >= 0.6 is 11.3 Å². The number of aromatic nitrogens is 5. The average Bonchev–Trinajstić information content (AvgIpc) is 3.66. The van der Waals surface area contributed by atoms with Crippen molar-refractivity contribution >= 4 is 48.9 Å². The monoisotopic (exact) mass is 697 g/mol. The molecule has 0 radical (unpaired) electrons. The highest BCUT2D eigenvalue weighted by molar-refractivity contribution is 7.21. The molecule has 3 heterocycles. The number of rotatable bonds is 6. The average molecular weight is 698 g/mol. The van der Waals surface area contributed by atoms with Gasteiger partial charge in [-0.15, -0.1) is 11.3 Å². The van der Waals surface area contributed by atoms with Crippen LogP contribution in [0.5, 0.6) is 0 Å². The molecule has 5 nitrogen and oxygen atoms in total. The van der Waals surface area contributed by atoms with Crippen molar-refractivity contribution in [2.75, 3.05) is 0 Å². The largest absolute Gasteiger partial charge is 0.309 e. The molecule has 0 bridgehead atoms. The topological polar surface area (TPSA) is 56.5 Å². The van der Waals surface area contributed by atoms with E-state index >= 15 is 0 Å². The van der Waals surface area contributed by atoms with Crippen LogP contribution in [0.4, 0.5) is 0 Å². The molecule has 0 saturated carbocycles. The number of thiazole rings is 1. The van der Waals surface area contributed by atoms with Crippen LogP contribution in [-0.4, -0.2) is 24.5 Å². The van der Waals surface area contributed by atoms with Crippen LogP contribution in [0.2, 0.25) is 0 Å². The van der Waals surface area contributed by atoms with Gasteiger partial charge in [0.25, 0.3) is 0 Å². The maximum Gasteiger partial charge on any atom is 0.164 e. The third kappa shape index (κ3) is 5.75. The van der Waals surface area contributed by atoms with Crippen LogP contribution in [-0.2, 0) is 0 Å². The SMILES string of the molecule is C1=CCC=CC(c2ccc3c(c2)c2cc4sc(-c5ccccc5)nc4cc2n3-c2cccc(-c3nc(-c4ccccc4)nc(-c4ccccc4)n3)c2)=C1. The van der Waals surface area contributed by atoms with Gasteiger partial charge in [0, 0.05) is 38.7 Å². The molecule has 0 aliphatic heterocycles. The lowest BCUT2D eigenvalue weighted by Gasteiger charge is -2.12. The summed E-state index contributed by atoms with van der Waals surface area (Å²) in [4.78, 5) is 20.1. The summed E-state index contributed by atoms with van der Waals surface area (Å²) in [6, 6.07) is 50.5. The van der Waals surface area contributed by atoms with Gasteiger partial charge in [-0.3, -0.25) is 0 Å². The maximum atomic E-state index is 5.13. The number of nitrogens with zero attached hydrogens (tertiary/aromatic N) is 5. The minimum Gasteiger partial charge on any atom is -0.309 e. The summed E-state index contributed by atoms with van der Waals surface area (Å²) in [5, 5.41) is 3.40. The van der Waals surface area contributed by atoms with Gasteiger partial charge >= 0.3 is 0 Å². The van der Waals surface area contributed by atoms with E-state index in [9.17, 15) is 0 Å². The minimum absolute atomic E-state index is 0.622. The van der Waals surface area contributed by atoms with Crippen molar-refractivity contribution in [1.82, 2.24) is 24.5 Å². The molecule has 53 heavy (non-hydrogen) atoms. The summed E-state index contributed by atoms with van der Waals surface area (Å²) < 4.78 is 3.52. The molecule has 6 aromatic carbocycles. The fourth-order valence-corrected chi connectivity index (χ4v) is 8.09. The van der Waals surface area contributed by atoms with Crippen molar-refractivity contribution in [2.45, 2.75) is 6.42 Å². The smallest absolute Gasteiger partial charge is 0.164 e. The first-order valence-corrected chi connectivity index (χ1v) is 18.5. The second-order valence-corrected chi connectivity index (χ2v) is 14.1. The summed E-state index contributed by atoms with van der Waals surface area (Å²) in [5.74, 6) is 1.90. The molecule has 1 aliphatic carbocycles. The molecule has 0 fully saturated rings. The highest BCUT2D eigenvalue weighted by Gasteiger charge is 2.19. The molecule has 0 unspecified atom stereocenters. The molecular weight excluding hydrogens is 667 g/mol. The second-order valence-electron chi connectivity index (χ2n) is 13.1. The molecule has 0 atom stereocenters. The van der Waals surface area contributed by atoms with Gasteiger partial charge in [0.15, 0.2) is 17.5 Å². The van der Waals surface area contributed by atoms with Crippen molar-refractivity contribution < 1.29 is 0 Å². The van der Waals surface area contributed by atoms with Gasteiger partial charge in [0.1, 0.15) is 5.01 Å². The normalized spacial score (nSPS) is 12.8. The Kier molecular flexibility index (Phi) is 7.66. The van der Waals surface area contributed by atoms with Crippen LogP contribution in [0.1, 0.15) is 12.0 Å². The van der Waals surface area contributed by atoms with Crippen LogP contribution < -0.4 is 0 Å². The fourth-order valence-electron chi connectivity index (χ4n) is 7.10. The molecular formula is C47H31N5S. The van der Waals surface area contributed by atoms with Crippen molar-refractivity contribution in [2.24, 2.45) is 0 Å². The fraction of sp³-hybridized carbons (Fsp3) is 0.0213. The van der Waals surface area contributed by atoms with E-state index in [2.05, 4.69) is 114 Å². The quantitative estimate of drug-likeness (QED) is 0.174. The zero-order valence-electron chi connectivity index (χ0n) is 28.6. The predicted molar refractivity (Wildman–Crippen MR) is 220 cm³/mol. The lowest BCUT2D eigenvalue weighted by Crippen LogP contribution is -2.01. The zero-order valence-corrected chi connectivity index (χ0v) is 29.4. The summed E-state index contributed by atoms with van der Waals surface area (Å²) in [6.07, 6.45) is 11.9. The van der Waals surface area contributed by atoms with Crippen molar-refractivity contribution in [1.29, 1.82) is 0 Å². The summed E-state index contributed by atoms with van der Waals surface area (Å²) in [6.45, 7) is 0. The Morgan fingerprint density at radius 2 is 1.13 bits per heavy atom. The van der Waals surface area contributed by atoms with E-state index in [0.717, 1.165) is 60.6 Å². The maximum absolute atomic E-state index is 5.13. The Morgan fingerprint density at radius 1 is 0.491 bits per heavy atom. The Morgan fingerprint density at radius 3 is 1.85 bits per heavy atom. The number of hydrogen-bond acceptors (Lipinski definition) is 5. The van der Waals surface area contributed by atoms with Gasteiger partial charge in [-0.2, -0.15) is 0 Å². The third-order valence-corrected chi connectivity index (χ3v) is 10.7. The Labute approximate surface area is 310 Å². The predicted octanol–water partition coefficient (Wildman–Crippen LogP) is 12.1. The second kappa shape index (κ2) is 13.1. The first-order chi connectivity index (χ1) is 26.2. The summed E-state index contributed by atoms with van der Waals surface area (Å²) in [7, 11) is 0. The minimum atomic E-state index is 0.622. The Balaban J connectivity index is 1.18. The lowest BCUT2D eigenvalue weighted by atomic mass is 10.0. The van der Waals surface area contributed by atoms with E-state index in [0.29, 0.717) is 17.5 Å². The van der Waals surface area contributed by atoms with Crippen LogP contribution in [0, 0.1) is 0 Å². The van der Waals surface area contributed by atoms with Gasteiger partial charge in [-0.05, 0) is 54.0 Å². The van der Waals surface area contributed by atoms with E-state index in [4.69, 9.17) is 19.9 Å². The van der Waals surface area contributed by atoms with Crippen LogP contribution in [0.15, 0.2) is 176 Å². The first kappa shape index (κ1) is 31.0. The van der Waals surface area contributed by atoms with Gasteiger partial charge in [0.05, 0.1) is 21.3 Å². The van der Waals surface area contributed by atoms with Gasteiger partial charge in [-0.25, -0.2) is 19.9 Å². The highest BCUT2D eigenvalue weighted by atomic mass is 32.1. The molecule has 10 rings (SSSR count). The van der Waals surface area contributed by atoms with E-state index < -0.39 is 0 Å². The molecule has 250 valence electrons. The number of hydrogen-bond donors (Lipinski definition) is 0. The lowest BCUT2D eigenvalue weighted by molar-refractivity contribution is 1.07. The molecule has 6 heteroatoms. The molecule has 3 aromatic heterocycles. The first-order valence-electron chi connectivity index (χ1n) is 17.7. The van der Waals surface area contributed by atoms with Crippen LogP contribution in [0.25, 0.3) is 88.0 Å². The van der Waals surface area contributed by atoms with E-state index in [1.165, 1.54) is 21.9 Å². The van der Waals surface area contributed by atoms with Crippen molar-refractivity contribution in [3.8, 4) is 50.4 Å². The molecule has 0 saturated heterocycles. The summed E-state index contributed by atoms with van der Waals surface area (Å²) in [5.41, 5.74) is 10.5. The van der Waals surface area contributed by atoms with Crippen LogP contribution in [0.3, 0.4) is 0 Å². The summed E-state index contributed by atoms with van der Waals surface area (Å²) >= 11 is 1.74.